The molecule has 0 aliphatic carbocycles. The Morgan fingerprint density at radius 3 is 2.96 bits per heavy atom. The van der Waals surface area contributed by atoms with Crippen LogP contribution in [0, 0.1) is 0 Å². The van der Waals surface area contributed by atoms with Crippen LogP contribution in [0.2, 0.25) is 5.02 Å². The van der Waals surface area contributed by atoms with Gasteiger partial charge in [0.1, 0.15) is 0 Å². The van der Waals surface area contributed by atoms with Crippen LogP contribution in [0.5, 0.6) is 0 Å². The van der Waals surface area contributed by atoms with E-state index in [2.05, 4.69) is 33.2 Å². The third-order valence-corrected chi connectivity index (χ3v) is 6.51. The maximum absolute atomic E-state index is 6.06. The van der Waals surface area contributed by atoms with Crippen LogP contribution in [0.4, 0.5) is 0 Å². The monoisotopic (exact) mass is 410 g/mol. The Labute approximate surface area is 172 Å². The van der Waals surface area contributed by atoms with Crippen molar-refractivity contribution in [2.45, 2.75) is 25.3 Å². The van der Waals surface area contributed by atoms with Gasteiger partial charge in [-0.2, -0.15) is 4.98 Å². The highest BCUT2D eigenvalue weighted by Crippen LogP contribution is 2.33. The molecule has 2 aromatic heterocycles. The van der Waals surface area contributed by atoms with Gasteiger partial charge in [0.2, 0.25) is 11.7 Å². The van der Waals surface area contributed by atoms with Gasteiger partial charge >= 0.3 is 0 Å². The summed E-state index contributed by atoms with van der Waals surface area (Å²) in [7, 11) is 0. The lowest BCUT2D eigenvalue weighted by atomic mass is 9.99. The average molecular weight is 411 g/mol. The fourth-order valence-corrected chi connectivity index (χ4v) is 5.00. The first-order valence-corrected chi connectivity index (χ1v) is 10.6. The SMILES string of the molecule is Clc1cccc(-c2noc(CN3CCC[C@@H](c4nc5ccccc5s4)C3)n2)c1. The molecule has 5 nitrogen and oxygen atoms in total. The summed E-state index contributed by atoms with van der Waals surface area (Å²) in [5, 5.41) is 6.02. The van der Waals surface area contributed by atoms with Crippen molar-refractivity contribution in [3.8, 4) is 11.4 Å². The van der Waals surface area contributed by atoms with E-state index in [0.717, 1.165) is 30.6 Å². The summed E-state index contributed by atoms with van der Waals surface area (Å²) in [6, 6.07) is 15.9. The highest BCUT2D eigenvalue weighted by Gasteiger charge is 2.25. The Morgan fingerprint density at radius 1 is 1.14 bits per heavy atom. The molecule has 0 amide bonds. The number of aromatic nitrogens is 3. The second-order valence-electron chi connectivity index (χ2n) is 7.12. The molecule has 0 spiro atoms. The van der Waals surface area contributed by atoms with E-state index in [9.17, 15) is 0 Å². The third kappa shape index (κ3) is 3.68. The molecule has 0 N–H and O–H groups in total. The molecule has 1 fully saturated rings. The molecule has 28 heavy (non-hydrogen) atoms. The second-order valence-corrected chi connectivity index (χ2v) is 8.61. The van der Waals surface area contributed by atoms with Crippen molar-refractivity contribution in [2.24, 2.45) is 0 Å². The van der Waals surface area contributed by atoms with Crippen molar-refractivity contribution in [3.63, 3.8) is 0 Å². The van der Waals surface area contributed by atoms with Gasteiger partial charge in [-0.25, -0.2) is 4.98 Å². The molecule has 3 heterocycles. The zero-order chi connectivity index (χ0) is 18.9. The number of rotatable bonds is 4. The molecular weight excluding hydrogens is 392 g/mol. The standard InChI is InChI=1S/C21H19ClN4OS/c22-16-7-3-5-14(11-16)20-24-19(27-25-20)13-26-10-4-6-15(12-26)21-23-17-8-1-2-9-18(17)28-21/h1-3,5,7-9,11,15H,4,6,10,12-13H2/t15-/m1/s1. The Hall–Kier alpha value is -2.28. The molecule has 7 heteroatoms. The number of benzene rings is 2. The largest absolute Gasteiger partial charge is 0.338 e. The molecule has 0 saturated carbocycles. The highest BCUT2D eigenvalue weighted by atomic mass is 35.5. The molecule has 5 rings (SSSR count). The summed E-state index contributed by atoms with van der Waals surface area (Å²) >= 11 is 7.87. The average Bonchev–Trinajstić information content (AvgIpc) is 3.35. The Kier molecular flexibility index (Phi) is 4.84. The van der Waals surface area contributed by atoms with Crippen molar-refractivity contribution >= 4 is 33.2 Å². The smallest absolute Gasteiger partial charge is 0.241 e. The minimum atomic E-state index is 0.460. The lowest BCUT2D eigenvalue weighted by molar-refractivity contribution is 0.177. The number of thiazole rings is 1. The first-order chi connectivity index (χ1) is 13.7. The van der Waals surface area contributed by atoms with Gasteiger partial charge in [-0.1, -0.05) is 41.0 Å². The molecule has 1 aliphatic heterocycles. The third-order valence-electron chi connectivity index (χ3n) is 5.07. The van der Waals surface area contributed by atoms with Gasteiger partial charge < -0.3 is 4.52 Å². The minimum Gasteiger partial charge on any atom is -0.338 e. The first-order valence-electron chi connectivity index (χ1n) is 9.41. The van der Waals surface area contributed by atoms with Crippen LogP contribution in [0.3, 0.4) is 0 Å². The number of halogens is 1. The Balaban J connectivity index is 1.29. The number of hydrogen-bond donors (Lipinski definition) is 0. The van der Waals surface area contributed by atoms with E-state index in [4.69, 9.17) is 21.1 Å². The molecule has 2 aromatic carbocycles. The van der Waals surface area contributed by atoms with E-state index in [1.165, 1.54) is 16.1 Å². The maximum atomic E-state index is 6.06. The lowest BCUT2D eigenvalue weighted by Crippen LogP contribution is -2.33. The summed E-state index contributed by atoms with van der Waals surface area (Å²) in [5.41, 5.74) is 1.97. The van der Waals surface area contributed by atoms with Gasteiger partial charge in [0.25, 0.3) is 0 Å². The molecule has 1 atom stereocenters. The van der Waals surface area contributed by atoms with E-state index < -0.39 is 0 Å². The van der Waals surface area contributed by atoms with Gasteiger partial charge in [0.05, 0.1) is 21.8 Å². The Bertz CT molecular complexity index is 1080. The predicted octanol–water partition coefficient (Wildman–Crippen LogP) is 5.38. The summed E-state index contributed by atoms with van der Waals surface area (Å²) in [6.45, 7) is 2.67. The van der Waals surface area contributed by atoms with E-state index >= 15 is 0 Å². The molecule has 142 valence electrons. The summed E-state index contributed by atoms with van der Waals surface area (Å²) < 4.78 is 6.75. The molecule has 1 aliphatic rings. The van der Waals surface area contributed by atoms with Crippen molar-refractivity contribution in [1.82, 2.24) is 20.0 Å². The van der Waals surface area contributed by atoms with Crippen molar-refractivity contribution in [2.75, 3.05) is 13.1 Å². The number of piperidine rings is 1. The van der Waals surface area contributed by atoms with Crippen LogP contribution in [0.15, 0.2) is 53.1 Å². The van der Waals surface area contributed by atoms with Crippen molar-refractivity contribution in [3.05, 3.63) is 64.5 Å². The normalized spacial score (nSPS) is 18.0. The van der Waals surface area contributed by atoms with Gasteiger partial charge in [0.15, 0.2) is 0 Å². The molecule has 0 radical (unpaired) electrons. The molecule has 1 saturated heterocycles. The van der Waals surface area contributed by atoms with E-state index in [-0.39, 0.29) is 0 Å². The summed E-state index contributed by atoms with van der Waals surface area (Å²) in [6.07, 6.45) is 2.32. The van der Waals surface area contributed by atoms with Gasteiger partial charge in [-0.3, -0.25) is 4.90 Å². The highest BCUT2D eigenvalue weighted by molar-refractivity contribution is 7.18. The summed E-state index contributed by atoms with van der Waals surface area (Å²) in [5.74, 6) is 1.68. The second kappa shape index (κ2) is 7.62. The van der Waals surface area contributed by atoms with E-state index in [1.807, 2.05) is 41.7 Å². The lowest BCUT2D eigenvalue weighted by Gasteiger charge is -2.30. The van der Waals surface area contributed by atoms with Crippen molar-refractivity contribution in [1.29, 1.82) is 0 Å². The van der Waals surface area contributed by atoms with Crippen LogP contribution >= 0.6 is 22.9 Å². The van der Waals surface area contributed by atoms with Crippen LogP contribution < -0.4 is 0 Å². The van der Waals surface area contributed by atoms with Crippen LogP contribution in [0.1, 0.15) is 29.7 Å². The van der Waals surface area contributed by atoms with Crippen LogP contribution in [0.25, 0.3) is 21.6 Å². The zero-order valence-corrected chi connectivity index (χ0v) is 16.8. The number of para-hydroxylation sites is 1. The van der Waals surface area contributed by atoms with Crippen LogP contribution in [-0.2, 0) is 6.54 Å². The minimum absolute atomic E-state index is 0.460. The Morgan fingerprint density at radius 2 is 2.07 bits per heavy atom. The number of fused-ring (bicyclic) bond motifs is 1. The molecular formula is C21H19ClN4OS. The van der Waals surface area contributed by atoms with Gasteiger partial charge in [-0.05, 0) is 43.7 Å². The quantitative estimate of drug-likeness (QED) is 0.452. The topological polar surface area (TPSA) is 55.1 Å². The van der Waals surface area contributed by atoms with Gasteiger partial charge in [0, 0.05) is 23.0 Å². The predicted molar refractivity (Wildman–Crippen MR) is 112 cm³/mol. The number of likely N-dealkylation sites (tertiary alicyclic amines) is 1. The number of hydrogen-bond acceptors (Lipinski definition) is 6. The van der Waals surface area contributed by atoms with Crippen LogP contribution in [-0.4, -0.2) is 33.1 Å². The molecule has 4 aromatic rings. The maximum Gasteiger partial charge on any atom is 0.241 e. The van der Waals surface area contributed by atoms with Crippen molar-refractivity contribution < 1.29 is 4.52 Å². The fourth-order valence-electron chi connectivity index (χ4n) is 3.72. The molecule has 0 bridgehead atoms. The van der Waals surface area contributed by atoms with E-state index in [1.54, 1.807) is 0 Å². The molecule has 0 unspecified atom stereocenters. The van der Waals surface area contributed by atoms with Gasteiger partial charge in [-0.15, -0.1) is 11.3 Å². The zero-order valence-electron chi connectivity index (χ0n) is 15.2. The fraction of sp³-hybridized carbons (Fsp3) is 0.286. The first kappa shape index (κ1) is 17.8. The van der Waals surface area contributed by atoms with E-state index in [0.29, 0.717) is 29.2 Å². The summed E-state index contributed by atoms with van der Waals surface area (Å²) in [4.78, 5) is 11.8. The number of nitrogens with zero attached hydrogens (tertiary/aromatic N) is 4.